The van der Waals surface area contributed by atoms with Gasteiger partial charge in [0.15, 0.2) is 0 Å². The van der Waals surface area contributed by atoms with Crippen LogP contribution in [0.25, 0.3) is 0 Å². The van der Waals surface area contributed by atoms with Crippen molar-refractivity contribution >= 4 is 0 Å². The van der Waals surface area contributed by atoms with Crippen molar-refractivity contribution in [3.05, 3.63) is 27.4 Å². The van der Waals surface area contributed by atoms with E-state index in [4.69, 9.17) is 0 Å². The van der Waals surface area contributed by atoms with Gasteiger partial charge in [-0.15, -0.1) is 0 Å². The van der Waals surface area contributed by atoms with Crippen molar-refractivity contribution in [1.82, 2.24) is 9.97 Å². The number of aromatic nitrogens is 2. The molecule has 0 saturated carbocycles. The molecule has 0 bridgehead atoms. The second-order valence-corrected chi connectivity index (χ2v) is 2.59. The molecule has 0 fully saturated rings. The van der Waals surface area contributed by atoms with Crippen molar-refractivity contribution in [1.29, 1.82) is 0 Å². The fourth-order valence-electron chi connectivity index (χ4n) is 1.05. The maximum atomic E-state index is 10.9. The van der Waals surface area contributed by atoms with Gasteiger partial charge in [-0.3, -0.25) is 0 Å². The first-order chi connectivity index (χ1) is 5.15. The Balaban J connectivity index is 3.36. The Morgan fingerprint density at radius 1 is 1.45 bits per heavy atom. The molecule has 0 aliphatic carbocycles. The lowest BCUT2D eigenvalue weighted by Crippen LogP contribution is -2.15. The van der Waals surface area contributed by atoms with Crippen molar-refractivity contribution in [2.45, 2.75) is 27.2 Å². The first-order valence-electron chi connectivity index (χ1n) is 3.71. The van der Waals surface area contributed by atoms with Gasteiger partial charge in [0.05, 0.1) is 5.69 Å². The van der Waals surface area contributed by atoms with E-state index in [1.807, 2.05) is 20.8 Å². The average molecular weight is 152 g/mol. The SMILES string of the molecule is CCc1nc(=O)[nH]c(C)c1C. The summed E-state index contributed by atoms with van der Waals surface area (Å²) < 4.78 is 0. The van der Waals surface area contributed by atoms with E-state index in [1.54, 1.807) is 0 Å². The van der Waals surface area contributed by atoms with Gasteiger partial charge >= 0.3 is 5.69 Å². The fraction of sp³-hybridized carbons (Fsp3) is 0.500. The van der Waals surface area contributed by atoms with Crippen molar-refractivity contribution in [2.24, 2.45) is 0 Å². The van der Waals surface area contributed by atoms with Crippen molar-refractivity contribution < 1.29 is 0 Å². The first-order valence-corrected chi connectivity index (χ1v) is 3.71. The Bertz CT molecular complexity index is 314. The maximum absolute atomic E-state index is 10.9. The second-order valence-electron chi connectivity index (χ2n) is 2.59. The average Bonchev–Trinajstić information content (AvgIpc) is 1.96. The zero-order valence-corrected chi connectivity index (χ0v) is 7.06. The highest BCUT2D eigenvalue weighted by Crippen LogP contribution is 2.04. The zero-order chi connectivity index (χ0) is 8.43. The molecule has 11 heavy (non-hydrogen) atoms. The predicted molar refractivity (Wildman–Crippen MR) is 43.7 cm³/mol. The molecular formula is C8H12N2O. The third-order valence-electron chi connectivity index (χ3n) is 1.86. The van der Waals surface area contributed by atoms with Gasteiger partial charge in [-0.1, -0.05) is 6.92 Å². The molecule has 0 aliphatic rings. The van der Waals surface area contributed by atoms with Crippen LogP contribution in [0.4, 0.5) is 0 Å². The van der Waals surface area contributed by atoms with Gasteiger partial charge in [0.2, 0.25) is 0 Å². The molecule has 0 spiro atoms. The molecule has 3 heteroatoms. The second kappa shape index (κ2) is 2.86. The lowest BCUT2D eigenvalue weighted by Gasteiger charge is -2.02. The highest BCUT2D eigenvalue weighted by atomic mass is 16.1. The lowest BCUT2D eigenvalue weighted by atomic mass is 10.1. The number of aryl methyl sites for hydroxylation is 2. The minimum Gasteiger partial charge on any atom is -0.310 e. The van der Waals surface area contributed by atoms with Crippen LogP contribution in [0, 0.1) is 13.8 Å². The molecule has 0 radical (unpaired) electrons. The third kappa shape index (κ3) is 1.48. The number of hydrogen-bond acceptors (Lipinski definition) is 2. The van der Waals surface area contributed by atoms with Gasteiger partial charge < -0.3 is 4.98 Å². The summed E-state index contributed by atoms with van der Waals surface area (Å²) in [5, 5.41) is 0. The van der Waals surface area contributed by atoms with E-state index in [0.29, 0.717) is 0 Å². The van der Waals surface area contributed by atoms with Gasteiger partial charge in [-0.2, -0.15) is 4.98 Å². The number of H-pyrrole nitrogens is 1. The maximum Gasteiger partial charge on any atom is 0.345 e. The van der Waals surface area contributed by atoms with Crippen LogP contribution >= 0.6 is 0 Å². The summed E-state index contributed by atoms with van der Waals surface area (Å²) in [6, 6.07) is 0. The van der Waals surface area contributed by atoms with Crippen LogP contribution in [0.3, 0.4) is 0 Å². The summed E-state index contributed by atoms with van der Waals surface area (Å²) in [7, 11) is 0. The van der Waals surface area contributed by atoms with E-state index in [1.165, 1.54) is 0 Å². The molecule has 0 aliphatic heterocycles. The number of rotatable bonds is 1. The molecule has 1 aromatic heterocycles. The summed E-state index contributed by atoms with van der Waals surface area (Å²) in [6.45, 7) is 5.85. The van der Waals surface area contributed by atoms with E-state index in [2.05, 4.69) is 9.97 Å². The van der Waals surface area contributed by atoms with E-state index >= 15 is 0 Å². The molecule has 1 aromatic rings. The van der Waals surface area contributed by atoms with Crippen LogP contribution in [0.1, 0.15) is 23.9 Å². The number of aromatic amines is 1. The van der Waals surface area contributed by atoms with Crippen LogP contribution in [0.5, 0.6) is 0 Å². The summed E-state index contributed by atoms with van der Waals surface area (Å²) in [6.07, 6.45) is 0.816. The van der Waals surface area contributed by atoms with Gasteiger partial charge in [-0.05, 0) is 25.8 Å². The number of hydrogen-bond donors (Lipinski definition) is 1. The Hall–Kier alpha value is -1.12. The van der Waals surface area contributed by atoms with Crippen LogP contribution < -0.4 is 5.69 Å². The highest BCUT2D eigenvalue weighted by Gasteiger charge is 2.01. The van der Waals surface area contributed by atoms with Gasteiger partial charge in [-0.25, -0.2) is 4.79 Å². The number of nitrogens with one attached hydrogen (secondary N) is 1. The summed E-state index contributed by atoms with van der Waals surface area (Å²) in [4.78, 5) is 17.3. The Morgan fingerprint density at radius 2 is 2.09 bits per heavy atom. The normalized spacial score (nSPS) is 10.1. The van der Waals surface area contributed by atoms with Gasteiger partial charge in [0.1, 0.15) is 0 Å². The largest absolute Gasteiger partial charge is 0.345 e. The van der Waals surface area contributed by atoms with Gasteiger partial charge in [0, 0.05) is 5.69 Å². The fourth-order valence-corrected chi connectivity index (χ4v) is 1.05. The topological polar surface area (TPSA) is 45.8 Å². The third-order valence-corrected chi connectivity index (χ3v) is 1.86. The lowest BCUT2D eigenvalue weighted by molar-refractivity contribution is 0.905. The van der Waals surface area contributed by atoms with Crippen molar-refractivity contribution in [2.75, 3.05) is 0 Å². The molecule has 60 valence electrons. The van der Waals surface area contributed by atoms with E-state index in [0.717, 1.165) is 23.4 Å². The standard InChI is InChI=1S/C8H12N2O/c1-4-7-5(2)6(3)9-8(11)10-7/h4H2,1-3H3,(H,9,10,11). The summed E-state index contributed by atoms with van der Waals surface area (Å²) >= 11 is 0. The molecule has 1 N–H and O–H groups in total. The van der Waals surface area contributed by atoms with Crippen molar-refractivity contribution in [3.63, 3.8) is 0 Å². The van der Waals surface area contributed by atoms with E-state index in [-0.39, 0.29) is 5.69 Å². The molecule has 0 amide bonds. The van der Waals surface area contributed by atoms with E-state index in [9.17, 15) is 4.79 Å². The first kappa shape index (κ1) is 7.98. The predicted octanol–water partition coefficient (Wildman–Crippen LogP) is 0.949. The van der Waals surface area contributed by atoms with Crippen molar-refractivity contribution in [3.8, 4) is 0 Å². The molecule has 0 unspecified atom stereocenters. The highest BCUT2D eigenvalue weighted by molar-refractivity contribution is 5.21. The van der Waals surface area contributed by atoms with E-state index < -0.39 is 0 Å². The summed E-state index contributed by atoms with van der Waals surface area (Å²) in [5.41, 5.74) is 2.66. The van der Waals surface area contributed by atoms with Crippen LogP contribution in [0.15, 0.2) is 4.79 Å². The molecule has 1 rings (SSSR count). The molecule has 0 saturated heterocycles. The van der Waals surface area contributed by atoms with Crippen LogP contribution in [0.2, 0.25) is 0 Å². The molecule has 0 atom stereocenters. The summed E-state index contributed by atoms with van der Waals surface area (Å²) in [5.74, 6) is 0. The molecule has 3 nitrogen and oxygen atoms in total. The van der Waals surface area contributed by atoms with Crippen LogP contribution in [-0.2, 0) is 6.42 Å². The molecule has 1 heterocycles. The number of nitrogens with zero attached hydrogens (tertiary/aromatic N) is 1. The monoisotopic (exact) mass is 152 g/mol. The Morgan fingerprint density at radius 3 is 2.64 bits per heavy atom. The minimum absolute atomic E-state index is 0.245. The minimum atomic E-state index is -0.245. The molecule has 0 aromatic carbocycles. The van der Waals surface area contributed by atoms with Gasteiger partial charge in [0.25, 0.3) is 0 Å². The smallest absolute Gasteiger partial charge is 0.310 e. The zero-order valence-electron chi connectivity index (χ0n) is 7.06. The Kier molecular flexibility index (Phi) is 2.08. The quantitative estimate of drug-likeness (QED) is 0.651. The van der Waals surface area contributed by atoms with Crippen LogP contribution in [-0.4, -0.2) is 9.97 Å². The Labute approximate surface area is 65.5 Å². The molecular weight excluding hydrogens is 140 g/mol.